The largest absolute Gasteiger partial charge is 0.379 e. The fourth-order valence-electron chi connectivity index (χ4n) is 2.51. The van der Waals surface area contributed by atoms with Crippen LogP contribution >= 0.6 is 0 Å². The lowest BCUT2D eigenvalue weighted by molar-refractivity contribution is 0.0166. The first kappa shape index (κ1) is 17.0. The van der Waals surface area contributed by atoms with Crippen molar-refractivity contribution < 1.29 is 18.8 Å². The van der Waals surface area contributed by atoms with Gasteiger partial charge in [-0.3, -0.25) is 4.79 Å². The van der Waals surface area contributed by atoms with Gasteiger partial charge in [0.2, 0.25) is 0 Å². The number of aryl methyl sites for hydroxylation is 1. The molecule has 1 fully saturated rings. The number of carbonyl (C=O) groups is 1. The number of hydrogen-bond donors (Lipinski definition) is 1. The first-order valence-electron chi connectivity index (χ1n) is 8.03. The first-order chi connectivity index (χ1) is 10.6. The Bertz CT molecular complexity index is 478. The van der Waals surface area contributed by atoms with E-state index >= 15 is 0 Å². The van der Waals surface area contributed by atoms with Crippen molar-refractivity contribution >= 4 is 5.91 Å². The Morgan fingerprint density at radius 1 is 1.50 bits per heavy atom. The molecular formula is C16H26N2O4. The molecule has 1 aromatic rings. The summed E-state index contributed by atoms with van der Waals surface area (Å²) in [5.74, 6) is 0.655. The van der Waals surface area contributed by atoms with Crippen LogP contribution in [0.5, 0.6) is 0 Å². The van der Waals surface area contributed by atoms with Crippen LogP contribution in [0, 0.1) is 6.92 Å². The summed E-state index contributed by atoms with van der Waals surface area (Å²) in [4.78, 5) is 12.2. The summed E-state index contributed by atoms with van der Waals surface area (Å²) in [5.41, 5.74) is 1.20. The molecule has 6 heteroatoms. The van der Waals surface area contributed by atoms with E-state index in [-0.39, 0.29) is 17.9 Å². The van der Waals surface area contributed by atoms with Crippen LogP contribution in [0.25, 0.3) is 0 Å². The number of rotatable bonds is 8. The zero-order chi connectivity index (χ0) is 15.9. The van der Waals surface area contributed by atoms with Crippen LogP contribution in [0.2, 0.25) is 0 Å². The molecule has 1 amide bonds. The van der Waals surface area contributed by atoms with Crippen molar-refractivity contribution in [2.45, 2.75) is 52.1 Å². The van der Waals surface area contributed by atoms with Gasteiger partial charge in [-0.15, -0.1) is 0 Å². The first-order valence-corrected chi connectivity index (χ1v) is 8.03. The Labute approximate surface area is 131 Å². The minimum atomic E-state index is -0.124. The summed E-state index contributed by atoms with van der Waals surface area (Å²) >= 11 is 0. The minimum absolute atomic E-state index is 0.124. The Balaban J connectivity index is 1.66. The zero-order valence-electron chi connectivity index (χ0n) is 13.7. The maximum absolute atomic E-state index is 12.2. The third-order valence-electron chi connectivity index (χ3n) is 3.72. The number of nitrogens with zero attached hydrogens (tertiary/aromatic N) is 1. The summed E-state index contributed by atoms with van der Waals surface area (Å²) in [5, 5.41) is 6.79. The highest BCUT2D eigenvalue weighted by Crippen LogP contribution is 2.21. The van der Waals surface area contributed by atoms with Crippen molar-refractivity contribution in [2.24, 2.45) is 0 Å². The van der Waals surface area contributed by atoms with Crippen LogP contribution in [0.3, 0.4) is 0 Å². The second-order valence-electron chi connectivity index (χ2n) is 5.98. The van der Waals surface area contributed by atoms with E-state index in [0.29, 0.717) is 36.8 Å². The summed E-state index contributed by atoms with van der Waals surface area (Å²) in [6, 6.07) is 0. The van der Waals surface area contributed by atoms with E-state index < -0.39 is 0 Å². The molecule has 0 radical (unpaired) electrons. The van der Waals surface area contributed by atoms with Gasteiger partial charge in [-0.25, -0.2) is 0 Å². The van der Waals surface area contributed by atoms with E-state index in [2.05, 4.69) is 10.5 Å². The third kappa shape index (κ3) is 4.55. The average Bonchev–Trinajstić information content (AvgIpc) is 3.11. The highest BCUT2D eigenvalue weighted by Gasteiger charge is 2.22. The van der Waals surface area contributed by atoms with Gasteiger partial charge in [-0.05, 0) is 26.2 Å². The van der Waals surface area contributed by atoms with Crippen molar-refractivity contribution in [1.29, 1.82) is 0 Å². The molecule has 1 atom stereocenters. The lowest BCUT2D eigenvalue weighted by atomic mass is 10.0. The number of amides is 1. The molecule has 0 spiro atoms. The van der Waals surface area contributed by atoms with Crippen LogP contribution in [0.1, 0.15) is 60.8 Å². The maximum atomic E-state index is 12.2. The van der Waals surface area contributed by atoms with Crippen molar-refractivity contribution in [1.82, 2.24) is 10.5 Å². The maximum Gasteiger partial charge on any atom is 0.256 e. The Kier molecular flexibility index (Phi) is 6.39. The monoisotopic (exact) mass is 310 g/mol. The van der Waals surface area contributed by atoms with Gasteiger partial charge in [0.1, 0.15) is 5.56 Å². The van der Waals surface area contributed by atoms with Gasteiger partial charge in [0.15, 0.2) is 5.76 Å². The topological polar surface area (TPSA) is 73.6 Å². The average molecular weight is 310 g/mol. The van der Waals surface area contributed by atoms with Gasteiger partial charge in [0.25, 0.3) is 5.91 Å². The number of ether oxygens (including phenoxy) is 2. The molecule has 0 aromatic carbocycles. The molecule has 1 aliphatic rings. The lowest BCUT2D eigenvalue weighted by Crippen LogP contribution is -2.27. The standard InChI is InChI=1S/C16H26N2O4/c1-11(2)15-14(12(3)18-22-15)16(19)17-7-5-8-20-10-13-6-4-9-21-13/h11,13H,4-10H2,1-3H3,(H,17,19). The molecule has 1 N–H and O–H groups in total. The molecular weight excluding hydrogens is 284 g/mol. The molecule has 1 saturated heterocycles. The van der Waals surface area contributed by atoms with E-state index in [1.807, 2.05) is 13.8 Å². The molecule has 1 aromatic heterocycles. The van der Waals surface area contributed by atoms with E-state index in [9.17, 15) is 4.79 Å². The van der Waals surface area contributed by atoms with Gasteiger partial charge < -0.3 is 19.3 Å². The quantitative estimate of drug-likeness (QED) is 0.746. The SMILES string of the molecule is Cc1noc(C(C)C)c1C(=O)NCCCOCC1CCCO1. The molecule has 22 heavy (non-hydrogen) atoms. The summed E-state index contributed by atoms with van der Waals surface area (Å²) < 4.78 is 16.3. The number of carbonyl (C=O) groups excluding carboxylic acids is 1. The Hall–Kier alpha value is -1.40. The van der Waals surface area contributed by atoms with Gasteiger partial charge in [0.05, 0.1) is 18.4 Å². The molecule has 0 aliphatic carbocycles. The number of aromatic nitrogens is 1. The highest BCUT2D eigenvalue weighted by molar-refractivity contribution is 5.96. The predicted octanol–water partition coefficient (Wildman–Crippen LogP) is 2.42. The third-order valence-corrected chi connectivity index (χ3v) is 3.72. The highest BCUT2D eigenvalue weighted by atomic mass is 16.5. The van der Waals surface area contributed by atoms with Crippen molar-refractivity contribution in [3.05, 3.63) is 17.0 Å². The number of nitrogens with one attached hydrogen (secondary N) is 1. The van der Waals surface area contributed by atoms with Crippen LogP contribution in [-0.2, 0) is 9.47 Å². The van der Waals surface area contributed by atoms with Crippen LogP contribution in [-0.4, -0.2) is 43.5 Å². The summed E-state index contributed by atoms with van der Waals surface area (Å²) in [7, 11) is 0. The van der Waals surface area contributed by atoms with E-state index in [1.54, 1.807) is 6.92 Å². The van der Waals surface area contributed by atoms with E-state index in [1.165, 1.54) is 0 Å². The van der Waals surface area contributed by atoms with Crippen LogP contribution < -0.4 is 5.32 Å². The molecule has 2 heterocycles. The van der Waals surface area contributed by atoms with Gasteiger partial charge in [-0.2, -0.15) is 0 Å². The van der Waals surface area contributed by atoms with Gasteiger partial charge >= 0.3 is 0 Å². The smallest absolute Gasteiger partial charge is 0.256 e. The minimum Gasteiger partial charge on any atom is -0.379 e. The molecule has 0 saturated carbocycles. The van der Waals surface area contributed by atoms with Gasteiger partial charge in [0, 0.05) is 25.7 Å². The normalized spacial score (nSPS) is 18.1. The Morgan fingerprint density at radius 3 is 3.00 bits per heavy atom. The zero-order valence-corrected chi connectivity index (χ0v) is 13.7. The summed E-state index contributed by atoms with van der Waals surface area (Å²) in [6.45, 7) is 8.45. The number of hydrogen-bond acceptors (Lipinski definition) is 5. The molecule has 0 bridgehead atoms. The fourth-order valence-corrected chi connectivity index (χ4v) is 2.51. The van der Waals surface area contributed by atoms with E-state index in [0.717, 1.165) is 25.9 Å². The van der Waals surface area contributed by atoms with Crippen molar-refractivity contribution in [3.63, 3.8) is 0 Å². The molecule has 6 nitrogen and oxygen atoms in total. The predicted molar refractivity (Wildman–Crippen MR) is 82.1 cm³/mol. The van der Waals surface area contributed by atoms with Crippen molar-refractivity contribution in [2.75, 3.05) is 26.4 Å². The molecule has 124 valence electrons. The second kappa shape index (κ2) is 8.29. The van der Waals surface area contributed by atoms with Crippen LogP contribution in [0.4, 0.5) is 0 Å². The second-order valence-corrected chi connectivity index (χ2v) is 5.98. The lowest BCUT2D eigenvalue weighted by Gasteiger charge is -2.10. The van der Waals surface area contributed by atoms with Gasteiger partial charge in [-0.1, -0.05) is 19.0 Å². The molecule has 2 rings (SSSR count). The Morgan fingerprint density at radius 2 is 2.32 bits per heavy atom. The molecule has 1 unspecified atom stereocenters. The fraction of sp³-hybridized carbons (Fsp3) is 0.750. The molecule has 1 aliphatic heterocycles. The van der Waals surface area contributed by atoms with Crippen LogP contribution in [0.15, 0.2) is 4.52 Å². The van der Waals surface area contributed by atoms with E-state index in [4.69, 9.17) is 14.0 Å². The summed E-state index contributed by atoms with van der Waals surface area (Å²) in [6.07, 6.45) is 3.24. The van der Waals surface area contributed by atoms with Crippen molar-refractivity contribution in [3.8, 4) is 0 Å².